The number of phenols is 1. The molecule has 0 heterocycles. The van der Waals surface area contributed by atoms with Gasteiger partial charge in [0, 0.05) is 23.7 Å². The Hall–Kier alpha value is -5.03. The van der Waals surface area contributed by atoms with Crippen LogP contribution in [0.15, 0.2) is 83.0 Å². The van der Waals surface area contributed by atoms with Crippen LogP contribution >= 0.6 is 0 Å². The van der Waals surface area contributed by atoms with Gasteiger partial charge in [0.2, 0.25) is 5.69 Å². The molecule has 0 bridgehead atoms. The van der Waals surface area contributed by atoms with Gasteiger partial charge < -0.3 is 15.7 Å². The zero-order valence-electron chi connectivity index (χ0n) is 19.0. The van der Waals surface area contributed by atoms with E-state index in [-0.39, 0.29) is 28.6 Å². The molecule has 8 nitrogen and oxygen atoms in total. The average molecular weight is 463 g/mol. The molecule has 0 aliphatic carbocycles. The van der Waals surface area contributed by atoms with Gasteiger partial charge in [-0.3, -0.25) is 9.59 Å². The zero-order valence-corrected chi connectivity index (χ0v) is 19.0. The van der Waals surface area contributed by atoms with Gasteiger partial charge in [-0.25, -0.2) is 4.85 Å². The summed E-state index contributed by atoms with van der Waals surface area (Å²) in [4.78, 5) is 28.5. The van der Waals surface area contributed by atoms with Crippen molar-refractivity contribution in [2.45, 2.75) is 6.92 Å². The Balaban J connectivity index is 1.79. The molecule has 0 saturated heterocycles. The zero-order chi connectivity index (χ0) is 24.9. The summed E-state index contributed by atoms with van der Waals surface area (Å²) in [7, 11) is 1.54. The summed E-state index contributed by atoms with van der Waals surface area (Å²) in [6.07, 6.45) is 0. The number of carbonyl (C=O) groups is 2. The second-order valence-electron chi connectivity index (χ2n) is 7.71. The Bertz CT molecular complexity index is 1540. The van der Waals surface area contributed by atoms with Crippen molar-refractivity contribution in [3.8, 4) is 5.75 Å². The number of phenolic OH excluding ortho intramolecular Hbond substituents is 1. The van der Waals surface area contributed by atoms with Gasteiger partial charge in [0.05, 0.1) is 17.8 Å². The maximum atomic E-state index is 13.1. The van der Waals surface area contributed by atoms with Gasteiger partial charge >= 0.3 is 0 Å². The minimum absolute atomic E-state index is 0.00623. The summed E-state index contributed by atoms with van der Waals surface area (Å²) < 4.78 is 0. The topological polar surface area (TPSA) is 108 Å². The Kier molecular flexibility index (Phi) is 6.51. The number of fused-ring (bicyclic) bond motifs is 1. The number of azo groups is 1. The number of aromatic hydroxyl groups is 1. The second kappa shape index (κ2) is 9.85. The minimum atomic E-state index is -0.585. The molecular weight excluding hydrogens is 442 g/mol. The number of anilines is 1. The molecule has 35 heavy (non-hydrogen) atoms. The predicted octanol–water partition coefficient (Wildman–Crippen LogP) is 6.43. The van der Waals surface area contributed by atoms with E-state index in [4.69, 9.17) is 6.57 Å². The molecular formula is C27H21N5O3. The molecule has 0 unspecified atom stereocenters. The molecule has 8 heteroatoms. The van der Waals surface area contributed by atoms with Gasteiger partial charge in [-0.1, -0.05) is 48.5 Å². The van der Waals surface area contributed by atoms with Gasteiger partial charge in [-0.15, -0.1) is 5.11 Å². The van der Waals surface area contributed by atoms with Crippen LogP contribution < -0.4 is 10.6 Å². The molecule has 4 rings (SSSR count). The number of nitrogens with one attached hydrogen (secondary N) is 2. The van der Waals surface area contributed by atoms with Crippen LogP contribution in [0.3, 0.4) is 0 Å². The summed E-state index contributed by atoms with van der Waals surface area (Å²) in [6, 6.07) is 20.4. The van der Waals surface area contributed by atoms with Crippen LogP contribution in [-0.2, 0) is 0 Å². The monoisotopic (exact) mass is 463 g/mol. The third kappa shape index (κ3) is 4.70. The largest absolute Gasteiger partial charge is 0.505 e. The molecule has 0 saturated carbocycles. The van der Waals surface area contributed by atoms with Crippen LogP contribution in [0.2, 0.25) is 0 Å². The van der Waals surface area contributed by atoms with E-state index in [1.54, 1.807) is 73.8 Å². The lowest BCUT2D eigenvalue weighted by atomic mass is 10.0. The van der Waals surface area contributed by atoms with Crippen LogP contribution in [-0.4, -0.2) is 24.0 Å². The van der Waals surface area contributed by atoms with Crippen molar-refractivity contribution >= 4 is 45.3 Å². The normalized spacial score (nSPS) is 10.8. The number of aryl methyl sites for hydroxylation is 1. The number of hydrogen-bond acceptors (Lipinski definition) is 5. The van der Waals surface area contributed by atoms with Crippen molar-refractivity contribution in [2.75, 3.05) is 12.4 Å². The van der Waals surface area contributed by atoms with Crippen LogP contribution in [0, 0.1) is 13.5 Å². The number of carbonyl (C=O) groups excluding carboxylic acids is 2. The number of benzene rings is 4. The highest BCUT2D eigenvalue weighted by atomic mass is 16.3. The maximum Gasteiger partial charge on any atom is 0.258 e. The van der Waals surface area contributed by atoms with E-state index in [1.807, 2.05) is 13.0 Å². The highest BCUT2D eigenvalue weighted by Crippen LogP contribution is 2.40. The fourth-order valence-electron chi connectivity index (χ4n) is 3.56. The quantitative estimate of drug-likeness (QED) is 0.234. The Labute approximate surface area is 201 Å². The van der Waals surface area contributed by atoms with E-state index in [0.29, 0.717) is 27.7 Å². The number of nitrogens with zero attached hydrogens (tertiary/aromatic N) is 3. The van der Waals surface area contributed by atoms with E-state index < -0.39 is 5.91 Å². The van der Waals surface area contributed by atoms with Gasteiger partial charge in [-0.2, -0.15) is 5.11 Å². The van der Waals surface area contributed by atoms with Gasteiger partial charge in [-0.05, 0) is 42.1 Å². The highest BCUT2D eigenvalue weighted by molar-refractivity contribution is 6.12. The van der Waals surface area contributed by atoms with E-state index in [9.17, 15) is 14.7 Å². The van der Waals surface area contributed by atoms with Crippen molar-refractivity contribution in [3.63, 3.8) is 0 Å². The molecule has 0 atom stereocenters. The summed E-state index contributed by atoms with van der Waals surface area (Å²) in [6.45, 7) is 9.13. The minimum Gasteiger partial charge on any atom is -0.505 e. The Morgan fingerprint density at radius 2 is 1.69 bits per heavy atom. The predicted molar refractivity (Wildman–Crippen MR) is 135 cm³/mol. The van der Waals surface area contributed by atoms with Crippen molar-refractivity contribution in [2.24, 2.45) is 10.2 Å². The highest BCUT2D eigenvalue weighted by Gasteiger charge is 2.19. The smallest absolute Gasteiger partial charge is 0.258 e. The van der Waals surface area contributed by atoms with Crippen molar-refractivity contribution < 1.29 is 14.7 Å². The molecule has 2 amide bonds. The molecule has 0 aromatic heterocycles. The molecule has 4 aromatic rings. The Morgan fingerprint density at radius 3 is 2.46 bits per heavy atom. The van der Waals surface area contributed by atoms with Crippen LogP contribution in [0.5, 0.6) is 5.75 Å². The molecule has 0 fully saturated rings. The Morgan fingerprint density at radius 1 is 0.943 bits per heavy atom. The first kappa shape index (κ1) is 23.1. The number of para-hydroxylation sites is 2. The maximum absolute atomic E-state index is 13.1. The second-order valence-corrected chi connectivity index (χ2v) is 7.71. The van der Waals surface area contributed by atoms with E-state index >= 15 is 0 Å². The lowest BCUT2D eigenvalue weighted by Gasteiger charge is -2.12. The van der Waals surface area contributed by atoms with E-state index in [2.05, 4.69) is 25.7 Å². The van der Waals surface area contributed by atoms with Crippen molar-refractivity contribution in [1.82, 2.24) is 5.32 Å². The SMILES string of the molecule is [C-]#[N+]c1ccccc1NC(=O)c1cc2ccccc2c(N=Nc2cc(C(=O)NC)ccc2C)c1O. The summed E-state index contributed by atoms with van der Waals surface area (Å²) >= 11 is 0. The van der Waals surface area contributed by atoms with Gasteiger partial charge in [0.1, 0.15) is 5.69 Å². The molecule has 172 valence electrons. The van der Waals surface area contributed by atoms with Gasteiger partial charge in [0.25, 0.3) is 11.8 Å². The average Bonchev–Trinajstić information content (AvgIpc) is 2.88. The summed E-state index contributed by atoms with van der Waals surface area (Å²) in [5.74, 6) is -1.18. The molecule has 3 N–H and O–H groups in total. The summed E-state index contributed by atoms with van der Waals surface area (Å²) in [5.41, 5.74) is 2.40. The fraction of sp³-hybridized carbons (Fsp3) is 0.0741. The van der Waals surface area contributed by atoms with Crippen LogP contribution in [0.4, 0.5) is 22.7 Å². The first-order chi connectivity index (χ1) is 16.9. The first-order valence-electron chi connectivity index (χ1n) is 10.7. The van der Waals surface area contributed by atoms with Crippen molar-refractivity contribution in [3.05, 3.63) is 101 Å². The molecule has 4 aromatic carbocycles. The standard InChI is InChI=1S/C27H21N5O3/c1-16-12-13-18(26(34)29-3)15-23(16)31-32-24-19-9-5-4-8-17(19)14-20(25(24)33)27(35)30-22-11-7-6-10-21(22)28-2/h4-15,33H,1,3H3,(H,29,34)(H,30,35). The molecule has 0 aliphatic heterocycles. The van der Waals surface area contributed by atoms with Gasteiger partial charge in [0.15, 0.2) is 5.75 Å². The van der Waals surface area contributed by atoms with E-state index in [0.717, 1.165) is 5.56 Å². The van der Waals surface area contributed by atoms with Crippen LogP contribution in [0.25, 0.3) is 15.6 Å². The molecule has 0 radical (unpaired) electrons. The van der Waals surface area contributed by atoms with Crippen LogP contribution in [0.1, 0.15) is 26.3 Å². The third-order valence-electron chi connectivity index (χ3n) is 5.47. The number of hydrogen-bond donors (Lipinski definition) is 3. The van der Waals surface area contributed by atoms with E-state index in [1.165, 1.54) is 0 Å². The lowest BCUT2D eigenvalue weighted by molar-refractivity contribution is 0.0962. The van der Waals surface area contributed by atoms with Crippen molar-refractivity contribution in [1.29, 1.82) is 0 Å². The molecule has 0 aliphatic rings. The number of rotatable bonds is 5. The lowest BCUT2D eigenvalue weighted by Crippen LogP contribution is -2.17. The third-order valence-corrected chi connectivity index (χ3v) is 5.47. The fourth-order valence-corrected chi connectivity index (χ4v) is 3.56. The first-order valence-corrected chi connectivity index (χ1v) is 10.7. The number of amides is 2. The molecule has 0 spiro atoms. The summed E-state index contributed by atoms with van der Waals surface area (Å²) in [5, 5.41) is 26.2.